The molecule has 1 unspecified atom stereocenters. The number of carbonyl (C=O) groups is 2. The second kappa shape index (κ2) is 8.65. The van der Waals surface area contributed by atoms with Gasteiger partial charge in [-0.1, -0.05) is 6.92 Å². The van der Waals surface area contributed by atoms with E-state index >= 15 is 0 Å². The van der Waals surface area contributed by atoms with Crippen LogP contribution in [0.4, 0.5) is 5.13 Å². The van der Waals surface area contributed by atoms with Gasteiger partial charge in [0.1, 0.15) is 0 Å². The molecule has 1 rings (SSSR count). The normalized spacial score (nSPS) is 12.1. The van der Waals surface area contributed by atoms with Gasteiger partial charge in [0.25, 0.3) is 0 Å². The van der Waals surface area contributed by atoms with Gasteiger partial charge in [-0.15, -0.1) is 11.3 Å². The lowest BCUT2D eigenvalue weighted by molar-refractivity contribution is -0.137. The molecule has 0 aliphatic carbocycles. The molecule has 0 bridgehead atoms. The minimum Gasteiger partial charge on any atom is -0.481 e. The second-order valence-electron chi connectivity index (χ2n) is 4.85. The maximum absolute atomic E-state index is 11.6. The molecule has 1 heterocycles. The monoisotopic (exact) mass is 299 g/mol. The number of nitrogens with zero attached hydrogens (tertiary/aromatic N) is 1. The Kier molecular flexibility index (Phi) is 7.17. The Hall–Kier alpha value is -1.47. The summed E-state index contributed by atoms with van der Waals surface area (Å²) in [5.41, 5.74) is 0.894. The van der Waals surface area contributed by atoms with E-state index in [2.05, 4.69) is 15.6 Å². The number of nitrogens with one attached hydrogen (secondary N) is 2. The zero-order valence-electron chi connectivity index (χ0n) is 11.8. The molecule has 20 heavy (non-hydrogen) atoms. The molecule has 0 radical (unpaired) electrons. The first-order chi connectivity index (χ1) is 9.47. The number of aliphatic carboxylic acids is 1. The predicted octanol–water partition coefficient (Wildman–Crippen LogP) is 1.87. The lowest BCUT2D eigenvalue weighted by Crippen LogP contribution is -2.29. The Labute approximate surface area is 122 Å². The maximum atomic E-state index is 11.6. The van der Waals surface area contributed by atoms with Crippen molar-refractivity contribution in [1.29, 1.82) is 0 Å². The quantitative estimate of drug-likeness (QED) is 0.605. The molecule has 0 aliphatic rings. The van der Waals surface area contributed by atoms with Crippen LogP contribution in [0.15, 0.2) is 5.38 Å². The van der Waals surface area contributed by atoms with Gasteiger partial charge in [0.05, 0.1) is 12.2 Å². The summed E-state index contributed by atoms with van der Waals surface area (Å²) in [6.07, 6.45) is 1.73. The van der Waals surface area contributed by atoms with E-state index in [0.29, 0.717) is 24.0 Å². The lowest BCUT2D eigenvalue weighted by atomic mass is 10.0. The Bertz CT molecular complexity index is 448. The van der Waals surface area contributed by atoms with Crippen molar-refractivity contribution >= 4 is 28.3 Å². The Morgan fingerprint density at radius 3 is 2.80 bits per heavy atom. The van der Waals surface area contributed by atoms with Gasteiger partial charge in [0.2, 0.25) is 5.91 Å². The average molecular weight is 299 g/mol. The van der Waals surface area contributed by atoms with Gasteiger partial charge in [-0.25, -0.2) is 4.98 Å². The third kappa shape index (κ3) is 7.20. The smallest absolute Gasteiger partial charge is 0.303 e. The summed E-state index contributed by atoms with van der Waals surface area (Å²) in [6, 6.07) is 0. The SMILES string of the molecule is Cc1csc(NC(=O)CNCCC(C)CCC(=O)O)n1. The van der Waals surface area contributed by atoms with E-state index in [1.165, 1.54) is 11.3 Å². The van der Waals surface area contributed by atoms with Crippen molar-refractivity contribution in [1.82, 2.24) is 10.3 Å². The number of hydrogen-bond donors (Lipinski definition) is 3. The molecular weight excluding hydrogens is 278 g/mol. The highest BCUT2D eigenvalue weighted by atomic mass is 32.1. The standard InChI is InChI=1S/C13H21N3O3S/c1-9(3-4-12(18)19)5-6-14-7-11(17)16-13-15-10(2)8-20-13/h8-9,14H,3-7H2,1-2H3,(H,18,19)(H,15,16,17). The summed E-state index contributed by atoms with van der Waals surface area (Å²) in [5.74, 6) is -0.538. The largest absolute Gasteiger partial charge is 0.481 e. The number of hydrogen-bond acceptors (Lipinski definition) is 5. The van der Waals surface area contributed by atoms with Crippen LogP contribution < -0.4 is 10.6 Å². The van der Waals surface area contributed by atoms with Crippen LogP contribution in [-0.2, 0) is 9.59 Å². The Balaban J connectivity index is 2.08. The molecule has 112 valence electrons. The summed E-state index contributed by atoms with van der Waals surface area (Å²) in [7, 11) is 0. The summed E-state index contributed by atoms with van der Waals surface area (Å²) < 4.78 is 0. The zero-order valence-corrected chi connectivity index (χ0v) is 12.6. The van der Waals surface area contributed by atoms with Crippen molar-refractivity contribution in [3.8, 4) is 0 Å². The predicted molar refractivity (Wildman–Crippen MR) is 79.0 cm³/mol. The van der Waals surface area contributed by atoms with Crippen LogP contribution in [0.5, 0.6) is 0 Å². The fourth-order valence-corrected chi connectivity index (χ4v) is 2.34. The van der Waals surface area contributed by atoms with Gasteiger partial charge in [-0.2, -0.15) is 0 Å². The van der Waals surface area contributed by atoms with E-state index < -0.39 is 5.97 Å². The second-order valence-corrected chi connectivity index (χ2v) is 5.70. The molecule has 6 nitrogen and oxygen atoms in total. The molecule has 0 spiro atoms. The van der Waals surface area contributed by atoms with Crippen LogP contribution in [0.1, 0.15) is 31.9 Å². The van der Waals surface area contributed by atoms with Gasteiger partial charge in [0.15, 0.2) is 5.13 Å². The van der Waals surface area contributed by atoms with Crippen molar-refractivity contribution in [2.45, 2.75) is 33.1 Å². The number of carbonyl (C=O) groups excluding carboxylic acids is 1. The minimum absolute atomic E-state index is 0.113. The molecule has 1 amide bonds. The average Bonchev–Trinajstić information content (AvgIpc) is 2.77. The van der Waals surface area contributed by atoms with Crippen molar-refractivity contribution < 1.29 is 14.7 Å². The Morgan fingerprint density at radius 2 is 2.20 bits per heavy atom. The summed E-state index contributed by atoms with van der Waals surface area (Å²) in [4.78, 5) is 26.2. The van der Waals surface area contributed by atoms with Crippen LogP contribution >= 0.6 is 11.3 Å². The Morgan fingerprint density at radius 1 is 1.45 bits per heavy atom. The molecule has 0 aliphatic heterocycles. The lowest BCUT2D eigenvalue weighted by Gasteiger charge is -2.10. The van der Waals surface area contributed by atoms with Crippen molar-refractivity contribution in [3.63, 3.8) is 0 Å². The molecule has 0 saturated carbocycles. The van der Waals surface area contributed by atoms with E-state index in [-0.39, 0.29) is 18.9 Å². The number of thiazole rings is 1. The van der Waals surface area contributed by atoms with Gasteiger partial charge in [-0.05, 0) is 32.2 Å². The van der Waals surface area contributed by atoms with Crippen LogP contribution in [0, 0.1) is 12.8 Å². The summed E-state index contributed by atoms with van der Waals surface area (Å²) in [5, 5.41) is 16.8. The van der Waals surface area contributed by atoms with E-state index in [1.807, 2.05) is 19.2 Å². The fourth-order valence-electron chi connectivity index (χ4n) is 1.64. The van der Waals surface area contributed by atoms with Crippen LogP contribution in [0.2, 0.25) is 0 Å². The van der Waals surface area contributed by atoms with Gasteiger partial charge >= 0.3 is 5.97 Å². The molecule has 3 N–H and O–H groups in total. The van der Waals surface area contributed by atoms with Crippen LogP contribution in [0.3, 0.4) is 0 Å². The number of anilines is 1. The molecule has 0 fully saturated rings. The first-order valence-electron chi connectivity index (χ1n) is 6.62. The molecule has 1 aromatic rings. The first kappa shape index (κ1) is 16.6. The van der Waals surface area contributed by atoms with Crippen molar-refractivity contribution in [2.75, 3.05) is 18.4 Å². The number of carboxylic acids is 1. The van der Waals surface area contributed by atoms with Gasteiger partial charge in [0, 0.05) is 11.8 Å². The highest BCUT2D eigenvalue weighted by Crippen LogP contribution is 2.13. The summed E-state index contributed by atoms with van der Waals surface area (Å²) >= 11 is 1.40. The number of aromatic nitrogens is 1. The van der Waals surface area contributed by atoms with Gasteiger partial charge in [-0.3, -0.25) is 9.59 Å². The van der Waals surface area contributed by atoms with E-state index in [9.17, 15) is 9.59 Å². The van der Waals surface area contributed by atoms with E-state index in [4.69, 9.17) is 5.11 Å². The van der Waals surface area contributed by atoms with E-state index in [1.54, 1.807) is 0 Å². The van der Waals surface area contributed by atoms with Crippen molar-refractivity contribution in [3.05, 3.63) is 11.1 Å². The van der Waals surface area contributed by atoms with Gasteiger partial charge < -0.3 is 15.7 Å². The summed E-state index contributed by atoms with van der Waals surface area (Å²) in [6.45, 7) is 4.83. The number of aryl methyl sites for hydroxylation is 1. The fraction of sp³-hybridized carbons (Fsp3) is 0.615. The van der Waals surface area contributed by atoms with Crippen LogP contribution in [-0.4, -0.2) is 35.1 Å². The van der Waals surface area contributed by atoms with Crippen molar-refractivity contribution in [2.24, 2.45) is 5.92 Å². The third-order valence-corrected chi connectivity index (χ3v) is 3.69. The molecular formula is C13H21N3O3S. The topological polar surface area (TPSA) is 91.3 Å². The molecule has 0 saturated heterocycles. The highest BCUT2D eigenvalue weighted by molar-refractivity contribution is 7.13. The molecule has 7 heteroatoms. The zero-order chi connectivity index (χ0) is 15.0. The molecule has 1 atom stereocenters. The number of carboxylic acid groups (broad SMARTS) is 1. The first-order valence-corrected chi connectivity index (χ1v) is 7.50. The molecule has 0 aromatic carbocycles. The number of rotatable bonds is 9. The maximum Gasteiger partial charge on any atom is 0.303 e. The third-order valence-electron chi connectivity index (χ3n) is 2.82. The minimum atomic E-state index is -0.761. The number of amides is 1. The van der Waals surface area contributed by atoms with E-state index in [0.717, 1.165) is 12.1 Å². The molecule has 1 aromatic heterocycles. The highest BCUT2D eigenvalue weighted by Gasteiger charge is 2.07. The van der Waals surface area contributed by atoms with Crippen LogP contribution in [0.25, 0.3) is 0 Å².